The van der Waals surface area contributed by atoms with E-state index in [1.54, 1.807) is 22.6 Å². The summed E-state index contributed by atoms with van der Waals surface area (Å²) in [6.07, 6.45) is 1.34. The SMILES string of the molecule is CCC(N)(CC)COc1cc(F)c(I)cc1[N+](=O)[O-]. The Balaban J connectivity index is 3.00. The minimum Gasteiger partial charge on any atom is -0.485 e. The summed E-state index contributed by atoms with van der Waals surface area (Å²) in [5.74, 6) is -0.628. The average molecular weight is 382 g/mol. The van der Waals surface area contributed by atoms with E-state index in [0.29, 0.717) is 12.8 Å². The number of hydrogen-bond donors (Lipinski definition) is 1. The highest BCUT2D eigenvalue weighted by atomic mass is 127. The van der Waals surface area contributed by atoms with Crippen molar-refractivity contribution in [1.82, 2.24) is 0 Å². The Bertz CT molecular complexity index is 478. The molecule has 0 bridgehead atoms. The number of hydrogen-bond acceptors (Lipinski definition) is 4. The van der Waals surface area contributed by atoms with Crippen LogP contribution in [0, 0.1) is 19.5 Å². The van der Waals surface area contributed by atoms with E-state index in [1.807, 2.05) is 13.8 Å². The number of nitrogens with two attached hydrogens (primary N) is 1. The molecule has 0 fully saturated rings. The molecule has 0 aliphatic carbocycles. The molecular weight excluding hydrogens is 366 g/mol. The van der Waals surface area contributed by atoms with Crippen LogP contribution in [0.25, 0.3) is 0 Å². The second-order valence-electron chi connectivity index (χ2n) is 4.35. The van der Waals surface area contributed by atoms with E-state index in [0.717, 1.165) is 12.1 Å². The predicted octanol–water partition coefficient (Wildman–Crippen LogP) is 3.23. The van der Waals surface area contributed by atoms with E-state index in [2.05, 4.69) is 0 Å². The van der Waals surface area contributed by atoms with Gasteiger partial charge in [-0.25, -0.2) is 4.39 Å². The summed E-state index contributed by atoms with van der Waals surface area (Å²) in [6.45, 7) is 3.94. The minimum absolute atomic E-state index is 0.0837. The summed E-state index contributed by atoms with van der Waals surface area (Å²) in [5.41, 5.74) is 5.24. The van der Waals surface area contributed by atoms with Crippen LogP contribution < -0.4 is 10.5 Å². The van der Waals surface area contributed by atoms with Gasteiger partial charge in [-0.1, -0.05) is 13.8 Å². The van der Waals surface area contributed by atoms with Gasteiger partial charge in [0, 0.05) is 17.7 Å². The molecule has 19 heavy (non-hydrogen) atoms. The summed E-state index contributed by atoms with van der Waals surface area (Å²) < 4.78 is 19.0. The van der Waals surface area contributed by atoms with Crippen molar-refractivity contribution in [2.24, 2.45) is 5.73 Å². The normalized spacial score (nSPS) is 11.4. The minimum atomic E-state index is -0.590. The smallest absolute Gasteiger partial charge is 0.312 e. The van der Waals surface area contributed by atoms with Gasteiger partial charge in [-0.15, -0.1) is 0 Å². The van der Waals surface area contributed by atoms with Gasteiger partial charge in [0.1, 0.15) is 12.4 Å². The van der Waals surface area contributed by atoms with Gasteiger partial charge < -0.3 is 10.5 Å². The fraction of sp³-hybridized carbons (Fsp3) is 0.500. The van der Waals surface area contributed by atoms with Crippen LogP contribution in [0.1, 0.15) is 26.7 Å². The molecule has 7 heteroatoms. The van der Waals surface area contributed by atoms with Crippen LogP contribution in [0.3, 0.4) is 0 Å². The van der Waals surface area contributed by atoms with Gasteiger partial charge in [0.05, 0.1) is 8.49 Å². The van der Waals surface area contributed by atoms with E-state index >= 15 is 0 Å². The molecule has 0 heterocycles. The van der Waals surface area contributed by atoms with Crippen LogP contribution in [-0.4, -0.2) is 17.1 Å². The Labute approximate surface area is 124 Å². The van der Waals surface area contributed by atoms with Crippen molar-refractivity contribution in [3.8, 4) is 5.75 Å². The third kappa shape index (κ3) is 4.00. The van der Waals surface area contributed by atoms with Crippen LogP contribution in [0.2, 0.25) is 0 Å². The third-order valence-corrected chi connectivity index (χ3v) is 3.95. The zero-order chi connectivity index (χ0) is 14.6. The molecule has 0 radical (unpaired) electrons. The zero-order valence-electron chi connectivity index (χ0n) is 10.8. The van der Waals surface area contributed by atoms with Crippen LogP contribution in [0.15, 0.2) is 12.1 Å². The molecule has 1 aromatic carbocycles. The fourth-order valence-corrected chi connectivity index (χ4v) is 1.90. The van der Waals surface area contributed by atoms with Crippen molar-refractivity contribution in [3.05, 3.63) is 31.6 Å². The monoisotopic (exact) mass is 382 g/mol. The summed E-state index contributed by atoms with van der Waals surface area (Å²) in [4.78, 5) is 10.3. The van der Waals surface area contributed by atoms with E-state index in [9.17, 15) is 14.5 Å². The second kappa shape index (κ2) is 6.47. The highest BCUT2D eigenvalue weighted by Gasteiger charge is 2.25. The van der Waals surface area contributed by atoms with E-state index in [1.165, 1.54) is 0 Å². The van der Waals surface area contributed by atoms with Crippen molar-refractivity contribution in [2.45, 2.75) is 32.2 Å². The molecule has 1 rings (SSSR count). The molecule has 0 unspecified atom stereocenters. The highest BCUT2D eigenvalue weighted by Crippen LogP contribution is 2.31. The molecule has 1 aromatic rings. The van der Waals surface area contributed by atoms with E-state index in [4.69, 9.17) is 10.5 Å². The number of benzene rings is 1. The van der Waals surface area contributed by atoms with Gasteiger partial charge in [0.15, 0.2) is 5.75 Å². The molecule has 0 aromatic heterocycles. The average Bonchev–Trinajstić information content (AvgIpc) is 2.39. The largest absolute Gasteiger partial charge is 0.485 e. The number of halogens is 2. The lowest BCUT2D eigenvalue weighted by Crippen LogP contribution is -2.44. The van der Waals surface area contributed by atoms with Crippen LogP contribution in [-0.2, 0) is 0 Å². The van der Waals surface area contributed by atoms with Gasteiger partial charge in [0.25, 0.3) is 0 Å². The topological polar surface area (TPSA) is 78.4 Å². The summed E-state index contributed by atoms with van der Waals surface area (Å²) >= 11 is 1.70. The van der Waals surface area contributed by atoms with Gasteiger partial charge in [0.2, 0.25) is 0 Å². The maximum atomic E-state index is 13.5. The first-order valence-corrected chi connectivity index (χ1v) is 6.96. The van der Waals surface area contributed by atoms with Crippen molar-refractivity contribution < 1.29 is 14.1 Å². The lowest BCUT2D eigenvalue weighted by atomic mass is 9.96. The van der Waals surface area contributed by atoms with Gasteiger partial charge in [-0.2, -0.15) is 0 Å². The first kappa shape index (κ1) is 16.1. The molecule has 0 saturated heterocycles. The molecule has 0 aliphatic rings. The molecule has 0 spiro atoms. The number of nitro benzene ring substituents is 1. The van der Waals surface area contributed by atoms with Crippen LogP contribution >= 0.6 is 22.6 Å². The Morgan fingerprint density at radius 1 is 1.47 bits per heavy atom. The zero-order valence-corrected chi connectivity index (χ0v) is 12.9. The molecule has 0 saturated carbocycles. The number of nitrogens with zero attached hydrogens (tertiary/aromatic N) is 1. The van der Waals surface area contributed by atoms with Crippen molar-refractivity contribution in [3.63, 3.8) is 0 Å². The summed E-state index contributed by atoms with van der Waals surface area (Å²) in [5, 5.41) is 10.9. The standard InChI is InChI=1S/C12H16FIN2O3/c1-3-12(15,4-2)7-19-11-5-8(13)9(14)6-10(11)16(17)18/h5-6H,3-4,7,15H2,1-2H3. The van der Waals surface area contributed by atoms with Gasteiger partial charge in [-0.3, -0.25) is 10.1 Å². The fourth-order valence-electron chi connectivity index (χ4n) is 1.45. The van der Waals surface area contributed by atoms with Crippen LogP contribution in [0.5, 0.6) is 5.75 Å². The summed E-state index contributed by atoms with van der Waals surface area (Å²) in [6, 6.07) is 2.19. The second-order valence-corrected chi connectivity index (χ2v) is 5.51. The maximum Gasteiger partial charge on any atom is 0.312 e. The number of ether oxygens (including phenoxy) is 1. The van der Waals surface area contributed by atoms with Crippen molar-refractivity contribution >= 4 is 28.3 Å². The highest BCUT2D eigenvalue weighted by molar-refractivity contribution is 14.1. The predicted molar refractivity (Wildman–Crippen MR) is 78.8 cm³/mol. The van der Waals surface area contributed by atoms with E-state index in [-0.39, 0.29) is 21.6 Å². The molecule has 0 atom stereocenters. The van der Waals surface area contributed by atoms with Crippen molar-refractivity contribution in [1.29, 1.82) is 0 Å². The Morgan fingerprint density at radius 2 is 2.05 bits per heavy atom. The Morgan fingerprint density at radius 3 is 2.53 bits per heavy atom. The summed E-state index contributed by atoms with van der Waals surface area (Å²) in [7, 11) is 0. The van der Waals surface area contributed by atoms with E-state index < -0.39 is 16.3 Å². The Hall–Kier alpha value is -0.960. The lowest BCUT2D eigenvalue weighted by Gasteiger charge is -2.26. The molecule has 0 aliphatic heterocycles. The molecular formula is C12H16FIN2O3. The molecule has 106 valence electrons. The molecule has 2 N–H and O–H groups in total. The van der Waals surface area contributed by atoms with Crippen molar-refractivity contribution in [2.75, 3.05) is 6.61 Å². The number of nitro groups is 1. The lowest BCUT2D eigenvalue weighted by molar-refractivity contribution is -0.386. The Kier molecular flexibility index (Phi) is 5.48. The third-order valence-electron chi connectivity index (χ3n) is 3.12. The van der Waals surface area contributed by atoms with Gasteiger partial charge in [-0.05, 0) is 35.4 Å². The quantitative estimate of drug-likeness (QED) is 0.466. The molecule has 5 nitrogen and oxygen atoms in total. The first-order chi connectivity index (χ1) is 8.83. The molecule has 0 amide bonds. The van der Waals surface area contributed by atoms with Crippen LogP contribution in [0.4, 0.5) is 10.1 Å². The van der Waals surface area contributed by atoms with Gasteiger partial charge >= 0.3 is 5.69 Å². The first-order valence-electron chi connectivity index (χ1n) is 5.88. The maximum absolute atomic E-state index is 13.5. The number of rotatable bonds is 6.